The van der Waals surface area contributed by atoms with Crippen LogP contribution in [0.4, 0.5) is 0 Å². The molecule has 0 bridgehead atoms. The normalized spacial score (nSPS) is 36.2. The Hall–Kier alpha value is -0.570. The van der Waals surface area contributed by atoms with E-state index in [1.807, 2.05) is 6.92 Å². The summed E-state index contributed by atoms with van der Waals surface area (Å²) in [4.78, 5) is 11.5. The summed E-state index contributed by atoms with van der Waals surface area (Å²) < 4.78 is 0. The van der Waals surface area contributed by atoms with Crippen LogP contribution >= 0.6 is 0 Å². The lowest BCUT2D eigenvalue weighted by Gasteiger charge is -2.51. The van der Waals surface area contributed by atoms with Crippen LogP contribution in [0.25, 0.3) is 0 Å². The molecule has 1 fully saturated rings. The van der Waals surface area contributed by atoms with Crippen molar-refractivity contribution in [2.45, 2.75) is 65.9 Å². The molecule has 0 aromatic heterocycles. The van der Waals surface area contributed by atoms with E-state index in [2.05, 4.69) is 20.8 Å². The molecule has 0 radical (unpaired) electrons. The van der Waals surface area contributed by atoms with Crippen LogP contribution in [0.2, 0.25) is 0 Å². The number of carbonyl (C=O) groups is 1. The van der Waals surface area contributed by atoms with Crippen LogP contribution in [0, 0.1) is 16.7 Å². The Morgan fingerprint density at radius 1 is 1.41 bits per heavy atom. The first-order valence-corrected chi connectivity index (χ1v) is 6.52. The third kappa shape index (κ3) is 2.49. The molecule has 17 heavy (non-hydrogen) atoms. The highest BCUT2D eigenvalue weighted by Crippen LogP contribution is 2.52. The van der Waals surface area contributed by atoms with E-state index in [-0.39, 0.29) is 5.41 Å². The SMILES string of the molecule is CCC(C)(C(=O)O)C1(O)CC(C)CC(C)(C)C1. The Labute approximate surface area is 104 Å². The summed E-state index contributed by atoms with van der Waals surface area (Å²) in [6, 6.07) is 0. The summed E-state index contributed by atoms with van der Waals surface area (Å²) in [6.07, 6.45) is 2.67. The van der Waals surface area contributed by atoms with Crippen molar-refractivity contribution in [1.82, 2.24) is 0 Å². The van der Waals surface area contributed by atoms with E-state index in [9.17, 15) is 15.0 Å². The van der Waals surface area contributed by atoms with E-state index in [0.717, 1.165) is 6.42 Å². The molecule has 0 saturated heterocycles. The van der Waals surface area contributed by atoms with Crippen LogP contribution in [-0.4, -0.2) is 21.8 Å². The van der Waals surface area contributed by atoms with Crippen molar-refractivity contribution in [2.24, 2.45) is 16.7 Å². The molecule has 0 aromatic rings. The van der Waals surface area contributed by atoms with Gasteiger partial charge in [0.1, 0.15) is 0 Å². The Bertz CT molecular complexity index is 311. The summed E-state index contributed by atoms with van der Waals surface area (Å²) in [7, 11) is 0. The molecule has 100 valence electrons. The highest BCUT2D eigenvalue weighted by Gasteiger charge is 2.55. The van der Waals surface area contributed by atoms with Crippen molar-refractivity contribution in [2.75, 3.05) is 0 Å². The zero-order chi connectivity index (χ0) is 13.5. The minimum absolute atomic E-state index is 0.0122. The van der Waals surface area contributed by atoms with Crippen molar-refractivity contribution in [3.05, 3.63) is 0 Å². The number of rotatable bonds is 3. The van der Waals surface area contributed by atoms with Gasteiger partial charge in [0, 0.05) is 0 Å². The molecular formula is C14H26O3. The average molecular weight is 242 g/mol. The predicted molar refractivity (Wildman–Crippen MR) is 67.8 cm³/mol. The van der Waals surface area contributed by atoms with Crippen LogP contribution in [-0.2, 0) is 4.79 Å². The Balaban J connectivity index is 3.12. The highest BCUT2D eigenvalue weighted by molar-refractivity contribution is 5.75. The van der Waals surface area contributed by atoms with Gasteiger partial charge >= 0.3 is 5.97 Å². The van der Waals surface area contributed by atoms with Crippen molar-refractivity contribution in [3.8, 4) is 0 Å². The number of carboxylic acid groups (broad SMARTS) is 1. The number of aliphatic hydroxyl groups is 1. The van der Waals surface area contributed by atoms with Gasteiger partial charge in [-0.1, -0.05) is 27.7 Å². The number of hydrogen-bond acceptors (Lipinski definition) is 2. The highest BCUT2D eigenvalue weighted by atomic mass is 16.4. The van der Waals surface area contributed by atoms with Crippen LogP contribution in [0.3, 0.4) is 0 Å². The molecule has 1 aliphatic rings. The Morgan fingerprint density at radius 3 is 2.29 bits per heavy atom. The number of hydrogen-bond donors (Lipinski definition) is 2. The minimum atomic E-state index is -1.09. The molecule has 0 heterocycles. The molecule has 0 amide bonds. The average Bonchev–Trinajstić information content (AvgIpc) is 2.11. The standard InChI is InChI=1S/C14H26O3/c1-6-13(5,11(15)16)14(17)8-10(2)7-12(3,4)9-14/h10,17H,6-9H2,1-5H3,(H,15,16). The molecule has 3 unspecified atom stereocenters. The van der Waals surface area contributed by atoms with E-state index in [1.54, 1.807) is 6.92 Å². The third-order valence-electron chi connectivity index (χ3n) is 4.56. The lowest BCUT2D eigenvalue weighted by Crippen LogP contribution is -2.56. The molecule has 3 atom stereocenters. The second-order valence-electron chi connectivity index (χ2n) is 6.88. The zero-order valence-electron chi connectivity index (χ0n) is 11.7. The van der Waals surface area contributed by atoms with Gasteiger partial charge in [0.05, 0.1) is 11.0 Å². The quantitative estimate of drug-likeness (QED) is 0.799. The lowest BCUT2D eigenvalue weighted by molar-refractivity contribution is -0.182. The second kappa shape index (κ2) is 4.27. The van der Waals surface area contributed by atoms with E-state index in [4.69, 9.17) is 0 Å². The van der Waals surface area contributed by atoms with Gasteiger partial charge in [0.2, 0.25) is 0 Å². The van der Waals surface area contributed by atoms with Gasteiger partial charge in [-0.15, -0.1) is 0 Å². The van der Waals surface area contributed by atoms with Crippen molar-refractivity contribution in [1.29, 1.82) is 0 Å². The molecule has 1 saturated carbocycles. The fourth-order valence-corrected chi connectivity index (χ4v) is 3.63. The van der Waals surface area contributed by atoms with E-state index in [0.29, 0.717) is 25.2 Å². The van der Waals surface area contributed by atoms with Crippen LogP contribution in [0.5, 0.6) is 0 Å². The molecule has 1 aliphatic carbocycles. The first-order valence-electron chi connectivity index (χ1n) is 6.52. The fraction of sp³-hybridized carbons (Fsp3) is 0.929. The minimum Gasteiger partial charge on any atom is -0.481 e. The number of aliphatic carboxylic acids is 1. The molecular weight excluding hydrogens is 216 g/mol. The summed E-state index contributed by atoms with van der Waals surface area (Å²) >= 11 is 0. The van der Waals surface area contributed by atoms with Crippen LogP contribution in [0.1, 0.15) is 60.3 Å². The lowest BCUT2D eigenvalue weighted by atomic mass is 9.56. The third-order valence-corrected chi connectivity index (χ3v) is 4.56. The second-order valence-corrected chi connectivity index (χ2v) is 6.88. The maximum atomic E-state index is 11.5. The topological polar surface area (TPSA) is 57.5 Å². The van der Waals surface area contributed by atoms with Gasteiger partial charge in [-0.25, -0.2) is 0 Å². The summed E-state index contributed by atoms with van der Waals surface area (Å²) in [6.45, 7) is 9.86. The molecule has 3 nitrogen and oxygen atoms in total. The van der Waals surface area contributed by atoms with E-state index in [1.165, 1.54) is 0 Å². The number of carboxylic acids is 1. The Kier molecular flexibility index (Phi) is 3.64. The molecule has 2 N–H and O–H groups in total. The Morgan fingerprint density at radius 2 is 1.94 bits per heavy atom. The smallest absolute Gasteiger partial charge is 0.312 e. The first-order chi connectivity index (χ1) is 7.56. The molecule has 0 spiro atoms. The van der Waals surface area contributed by atoms with Gasteiger partial charge in [-0.05, 0) is 43.9 Å². The van der Waals surface area contributed by atoms with Gasteiger partial charge in [0.15, 0.2) is 0 Å². The molecule has 1 rings (SSSR count). The van der Waals surface area contributed by atoms with Crippen LogP contribution < -0.4 is 0 Å². The van der Waals surface area contributed by atoms with Crippen molar-refractivity contribution in [3.63, 3.8) is 0 Å². The molecule has 0 aromatic carbocycles. The monoisotopic (exact) mass is 242 g/mol. The summed E-state index contributed by atoms with van der Waals surface area (Å²) in [5.74, 6) is -0.513. The van der Waals surface area contributed by atoms with Crippen molar-refractivity contribution < 1.29 is 15.0 Å². The first kappa shape index (κ1) is 14.5. The summed E-state index contributed by atoms with van der Waals surface area (Å²) in [5.41, 5.74) is -2.12. The van der Waals surface area contributed by atoms with Crippen molar-refractivity contribution >= 4 is 5.97 Å². The molecule has 3 heteroatoms. The zero-order valence-corrected chi connectivity index (χ0v) is 11.7. The van der Waals surface area contributed by atoms with E-state index < -0.39 is 17.0 Å². The van der Waals surface area contributed by atoms with E-state index >= 15 is 0 Å². The summed E-state index contributed by atoms with van der Waals surface area (Å²) in [5, 5.41) is 20.3. The van der Waals surface area contributed by atoms with Gasteiger partial charge in [-0.2, -0.15) is 0 Å². The fourth-order valence-electron chi connectivity index (χ4n) is 3.63. The largest absolute Gasteiger partial charge is 0.481 e. The maximum absolute atomic E-state index is 11.5. The van der Waals surface area contributed by atoms with Gasteiger partial charge in [0.25, 0.3) is 0 Å². The van der Waals surface area contributed by atoms with Gasteiger partial charge < -0.3 is 10.2 Å². The van der Waals surface area contributed by atoms with Crippen LogP contribution in [0.15, 0.2) is 0 Å². The predicted octanol–water partition coefficient (Wildman–Crippen LogP) is 3.06. The molecule has 0 aliphatic heterocycles. The maximum Gasteiger partial charge on any atom is 0.312 e. The van der Waals surface area contributed by atoms with Gasteiger partial charge in [-0.3, -0.25) is 4.79 Å².